The van der Waals surface area contributed by atoms with Gasteiger partial charge in [-0.05, 0) is 11.6 Å². The molecule has 1 aromatic carbocycles. The molecule has 1 N–H and O–H groups in total. The Kier molecular flexibility index (Phi) is 4.98. The van der Waals surface area contributed by atoms with Gasteiger partial charge in [0.25, 0.3) is 0 Å². The van der Waals surface area contributed by atoms with Crippen molar-refractivity contribution in [2.45, 2.75) is 6.42 Å². The summed E-state index contributed by atoms with van der Waals surface area (Å²) in [6.45, 7) is 0. The minimum absolute atomic E-state index is 0. The summed E-state index contributed by atoms with van der Waals surface area (Å²) in [6, 6.07) is 6.92. The molecule has 1 aromatic rings. The number of rotatable bonds is 2. The summed E-state index contributed by atoms with van der Waals surface area (Å²) in [5, 5.41) is 8.94. The van der Waals surface area contributed by atoms with Gasteiger partial charge in [0, 0.05) is 22.1 Å². The van der Waals surface area contributed by atoms with Crippen LogP contribution in [0.2, 0.25) is 5.02 Å². The van der Waals surface area contributed by atoms with E-state index in [9.17, 15) is 4.79 Å². The Morgan fingerprint density at radius 2 is 2.00 bits per heavy atom. The predicted molar refractivity (Wildman–Crippen MR) is 42.8 cm³/mol. The molecule has 0 saturated carbocycles. The number of carbonyl (C=O) groups is 1. The third kappa shape index (κ3) is 3.26. The first-order valence-corrected chi connectivity index (χ1v) is 3.53. The zero-order valence-electron chi connectivity index (χ0n) is 6.05. The van der Waals surface area contributed by atoms with Crippen LogP contribution in [0.1, 0.15) is 5.56 Å². The van der Waals surface area contributed by atoms with Gasteiger partial charge in [-0.2, -0.15) is 0 Å². The Morgan fingerprint density at radius 1 is 1.42 bits per heavy atom. The van der Waals surface area contributed by atoms with Gasteiger partial charge in [0.1, 0.15) is 0 Å². The maximum atomic E-state index is 10.3. The summed E-state index contributed by atoms with van der Waals surface area (Å²) in [5.41, 5.74) is 0.654. The van der Waals surface area contributed by atoms with E-state index in [1.54, 1.807) is 24.3 Å². The van der Waals surface area contributed by atoms with Crippen LogP contribution in [0.5, 0.6) is 0 Å². The first kappa shape index (κ1) is 11.5. The summed E-state index contributed by atoms with van der Waals surface area (Å²) < 4.78 is 0. The molecule has 0 aromatic heterocycles. The van der Waals surface area contributed by atoms with Crippen LogP contribution < -0.4 is 0 Å². The first-order valence-electron chi connectivity index (χ1n) is 3.15. The van der Waals surface area contributed by atoms with E-state index in [1.165, 1.54) is 0 Å². The van der Waals surface area contributed by atoms with Crippen LogP contribution in [-0.4, -0.2) is 11.1 Å². The molecule has 0 saturated heterocycles. The summed E-state index contributed by atoms with van der Waals surface area (Å²) in [6.07, 6.45) is -0.0142. The topological polar surface area (TPSA) is 37.3 Å². The van der Waals surface area contributed by atoms with Crippen molar-refractivity contribution in [3.63, 3.8) is 0 Å². The molecule has 0 spiro atoms. The van der Waals surface area contributed by atoms with Crippen LogP contribution in [0.15, 0.2) is 24.3 Å². The van der Waals surface area contributed by atoms with E-state index in [2.05, 4.69) is 0 Å². The van der Waals surface area contributed by atoms with Crippen molar-refractivity contribution in [3.8, 4) is 0 Å². The molecule has 0 unspecified atom stereocenters. The summed E-state index contributed by atoms with van der Waals surface area (Å²) >= 11 is 5.70. The summed E-state index contributed by atoms with van der Waals surface area (Å²) in [4.78, 5) is 10.3. The van der Waals surface area contributed by atoms with E-state index in [-0.39, 0.29) is 23.5 Å². The van der Waals surface area contributed by atoms with Gasteiger partial charge in [0.05, 0.1) is 6.42 Å². The fourth-order valence-corrected chi connectivity index (χ4v) is 1.01. The quantitative estimate of drug-likeness (QED) is 0.794. The van der Waals surface area contributed by atoms with Crippen LogP contribution in [0.4, 0.5) is 0 Å². The summed E-state index contributed by atoms with van der Waals surface area (Å²) in [7, 11) is 0. The van der Waals surface area contributed by atoms with E-state index in [4.69, 9.17) is 16.7 Å². The van der Waals surface area contributed by atoms with Gasteiger partial charge < -0.3 is 5.11 Å². The number of hydrogen-bond acceptors (Lipinski definition) is 1. The Balaban J connectivity index is 0.00000121. The van der Waals surface area contributed by atoms with Gasteiger partial charge in [-0.3, -0.25) is 4.79 Å². The molecule has 0 aliphatic rings. The zero-order valence-corrected chi connectivity index (χ0v) is 7.75. The van der Waals surface area contributed by atoms with Crippen molar-refractivity contribution in [2.75, 3.05) is 0 Å². The van der Waals surface area contributed by atoms with Gasteiger partial charge in [-0.1, -0.05) is 29.8 Å². The molecule has 1 radical (unpaired) electrons. The number of hydrogen-bond donors (Lipinski definition) is 1. The van der Waals surface area contributed by atoms with Crippen LogP contribution >= 0.6 is 11.6 Å². The van der Waals surface area contributed by atoms with Crippen molar-refractivity contribution < 1.29 is 27.0 Å². The van der Waals surface area contributed by atoms with Crippen LogP contribution in [0.25, 0.3) is 0 Å². The second kappa shape index (κ2) is 5.20. The molecule has 4 heteroatoms. The molecule has 0 atom stereocenters. The van der Waals surface area contributed by atoms with Crippen molar-refractivity contribution >= 4 is 17.6 Å². The van der Waals surface area contributed by atoms with Gasteiger partial charge in [0.2, 0.25) is 0 Å². The molecule has 2 nitrogen and oxygen atoms in total. The fourth-order valence-electron chi connectivity index (χ4n) is 0.805. The molecule has 0 bridgehead atoms. The maximum absolute atomic E-state index is 10.3. The van der Waals surface area contributed by atoms with E-state index < -0.39 is 5.97 Å². The van der Waals surface area contributed by atoms with E-state index in [0.29, 0.717) is 10.6 Å². The molecule has 0 aliphatic carbocycles. The molecular weight excluding hydrogens is 227 g/mol. The second-order valence-corrected chi connectivity index (χ2v) is 2.57. The molecule has 12 heavy (non-hydrogen) atoms. The normalized spacial score (nSPS) is 8.75. The van der Waals surface area contributed by atoms with Crippen molar-refractivity contribution in [1.29, 1.82) is 0 Å². The second-order valence-electron chi connectivity index (χ2n) is 2.16. The molecule has 0 amide bonds. The molecule has 69 valence electrons. The van der Waals surface area contributed by atoms with Crippen LogP contribution in [0, 0.1) is 0 Å². The third-order valence-electron chi connectivity index (χ3n) is 1.30. The number of aliphatic carboxylic acids is 1. The Hall–Kier alpha value is -0.501. The number of carboxylic acid groups (broad SMARTS) is 1. The first-order chi connectivity index (χ1) is 5.20. The molecule has 1 rings (SSSR count). The van der Waals surface area contributed by atoms with Gasteiger partial charge >= 0.3 is 5.97 Å². The average Bonchev–Trinajstić information content (AvgIpc) is 1.93. The fraction of sp³-hybridized carbons (Fsp3) is 0.125. The predicted octanol–water partition coefficient (Wildman–Crippen LogP) is 1.96. The number of carboxylic acids is 1. The van der Waals surface area contributed by atoms with Crippen molar-refractivity contribution in [2.24, 2.45) is 0 Å². The van der Waals surface area contributed by atoms with E-state index >= 15 is 0 Å². The largest absolute Gasteiger partial charge is 0.481 e. The van der Waals surface area contributed by atoms with Gasteiger partial charge in [0.15, 0.2) is 0 Å². The third-order valence-corrected chi connectivity index (χ3v) is 1.67. The number of halogens is 1. The van der Waals surface area contributed by atoms with Gasteiger partial charge in [-0.15, -0.1) is 0 Å². The molecule has 0 aliphatic heterocycles. The van der Waals surface area contributed by atoms with E-state index in [1.807, 2.05) is 0 Å². The molecular formula is C8H7ClCuO2. The Morgan fingerprint density at radius 3 is 2.50 bits per heavy atom. The Labute approximate surface area is 86.0 Å². The SMILES string of the molecule is O=C(O)Cc1ccccc1Cl.[Cu]. The standard InChI is InChI=1S/C8H7ClO2.Cu/c9-7-4-2-1-3-6(7)5-8(10)11;/h1-4H,5H2,(H,10,11);. The zero-order chi connectivity index (χ0) is 8.27. The maximum Gasteiger partial charge on any atom is 0.307 e. The smallest absolute Gasteiger partial charge is 0.307 e. The van der Waals surface area contributed by atoms with Crippen LogP contribution in [0.3, 0.4) is 0 Å². The van der Waals surface area contributed by atoms with Crippen LogP contribution in [-0.2, 0) is 28.3 Å². The molecule has 0 fully saturated rings. The number of benzene rings is 1. The van der Waals surface area contributed by atoms with Crippen molar-refractivity contribution in [1.82, 2.24) is 0 Å². The minimum atomic E-state index is -0.863. The van der Waals surface area contributed by atoms with Gasteiger partial charge in [-0.25, -0.2) is 0 Å². The van der Waals surface area contributed by atoms with E-state index in [0.717, 1.165) is 0 Å². The average molecular weight is 234 g/mol. The molecule has 0 heterocycles. The summed E-state index contributed by atoms with van der Waals surface area (Å²) in [5.74, 6) is -0.863. The minimum Gasteiger partial charge on any atom is -0.481 e. The monoisotopic (exact) mass is 233 g/mol. The van der Waals surface area contributed by atoms with Crippen molar-refractivity contribution in [3.05, 3.63) is 34.9 Å². The Bertz CT molecular complexity index is 276.